The van der Waals surface area contributed by atoms with Gasteiger partial charge in [-0.05, 0) is 25.0 Å². The second kappa shape index (κ2) is 5.30. The lowest BCUT2D eigenvalue weighted by atomic mass is 10.1. The number of amides is 1. The molecule has 0 radical (unpaired) electrons. The van der Waals surface area contributed by atoms with Crippen LogP contribution in [0.5, 0.6) is 0 Å². The third-order valence-electron chi connectivity index (χ3n) is 2.86. The number of oxime groups is 1. The SMILES string of the molecule is CC(NC(=O)C1Cc2ccccc2S1)C(N)=NO. The van der Waals surface area contributed by atoms with Crippen LogP contribution in [-0.2, 0) is 11.2 Å². The maximum atomic E-state index is 12.0. The van der Waals surface area contributed by atoms with E-state index in [2.05, 4.69) is 10.5 Å². The van der Waals surface area contributed by atoms with Crippen LogP contribution in [0.3, 0.4) is 0 Å². The average molecular weight is 265 g/mol. The Bertz CT molecular complexity index is 465. The minimum atomic E-state index is -0.466. The van der Waals surface area contributed by atoms with Gasteiger partial charge in [-0.3, -0.25) is 4.79 Å². The molecule has 5 nitrogen and oxygen atoms in total. The molecule has 2 unspecified atom stereocenters. The first kappa shape index (κ1) is 12.8. The Morgan fingerprint density at radius 1 is 1.61 bits per heavy atom. The average Bonchev–Trinajstić information content (AvgIpc) is 2.81. The lowest BCUT2D eigenvalue weighted by Gasteiger charge is -2.15. The summed E-state index contributed by atoms with van der Waals surface area (Å²) in [5.74, 6) is -0.0841. The summed E-state index contributed by atoms with van der Waals surface area (Å²) < 4.78 is 0. The van der Waals surface area contributed by atoms with E-state index in [1.165, 1.54) is 5.56 Å². The second-order valence-corrected chi connectivity index (χ2v) is 5.42. The maximum absolute atomic E-state index is 12.0. The van der Waals surface area contributed by atoms with Crippen molar-refractivity contribution in [2.24, 2.45) is 10.9 Å². The van der Waals surface area contributed by atoms with Gasteiger partial charge in [0.1, 0.15) is 0 Å². The monoisotopic (exact) mass is 265 g/mol. The van der Waals surface area contributed by atoms with Gasteiger partial charge in [-0.15, -0.1) is 11.8 Å². The van der Waals surface area contributed by atoms with Crippen LogP contribution in [0.1, 0.15) is 12.5 Å². The minimum Gasteiger partial charge on any atom is -0.409 e. The Morgan fingerprint density at radius 2 is 2.33 bits per heavy atom. The van der Waals surface area contributed by atoms with Crippen LogP contribution in [0.4, 0.5) is 0 Å². The second-order valence-electron chi connectivity index (χ2n) is 4.17. The van der Waals surface area contributed by atoms with Gasteiger partial charge >= 0.3 is 0 Å². The number of benzene rings is 1. The van der Waals surface area contributed by atoms with Crippen molar-refractivity contribution in [3.8, 4) is 0 Å². The first-order valence-electron chi connectivity index (χ1n) is 5.64. The van der Waals surface area contributed by atoms with E-state index in [0.29, 0.717) is 0 Å². The highest BCUT2D eigenvalue weighted by Crippen LogP contribution is 2.36. The summed E-state index contributed by atoms with van der Waals surface area (Å²) in [6.07, 6.45) is 0.718. The Labute approximate surface area is 109 Å². The van der Waals surface area contributed by atoms with Gasteiger partial charge in [-0.2, -0.15) is 0 Å². The minimum absolute atomic E-state index is 0.00358. The highest BCUT2D eigenvalue weighted by atomic mass is 32.2. The van der Waals surface area contributed by atoms with Gasteiger partial charge in [0.25, 0.3) is 0 Å². The normalized spacial score (nSPS) is 20.3. The van der Waals surface area contributed by atoms with Crippen LogP contribution in [-0.4, -0.2) is 28.2 Å². The summed E-state index contributed by atoms with van der Waals surface area (Å²) in [4.78, 5) is 13.2. The standard InChI is InChI=1S/C12H15N3O2S/c1-7(11(13)15-17)14-12(16)10-6-8-4-2-3-5-9(8)18-10/h2-5,7,10,17H,6H2,1H3,(H2,13,15)(H,14,16). The first-order valence-corrected chi connectivity index (χ1v) is 6.52. The van der Waals surface area contributed by atoms with Crippen LogP contribution >= 0.6 is 11.8 Å². The van der Waals surface area contributed by atoms with Crippen molar-refractivity contribution in [1.82, 2.24) is 5.32 Å². The highest BCUT2D eigenvalue weighted by Gasteiger charge is 2.29. The van der Waals surface area contributed by atoms with Gasteiger partial charge < -0.3 is 16.3 Å². The fraction of sp³-hybridized carbons (Fsp3) is 0.333. The summed E-state index contributed by atoms with van der Waals surface area (Å²) in [7, 11) is 0. The molecule has 1 heterocycles. The zero-order valence-corrected chi connectivity index (χ0v) is 10.8. The van der Waals surface area contributed by atoms with Gasteiger partial charge in [-0.25, -0.2) is 0 Å². The number of hydrogen-bond acceptors (Lipinski definition) is 4. The number of amidine groups is 1. The van der Waals surface area contributed by atoms with E-state index in [1.807, 2.05) is 24.3 Å². The van der Waals surface area contributed by atoms with E-state index in [-0.39, 0.29) is 17.0 Å². The predicted octanol–water partition coefficient (Wildman–Crippen LogP) is 0.954. The fourth-order valence-corrected chi connectivity index (χ4v) is 3.00. The summed E-state index contributed by atoms with van der Waals surface area (Å²) in [6.45, 7) is 1.68. The molecule has 1 amide bonds. The molecule has 0 saturated carbocycles. The molecule has 6 heteroatoms. The van der Waals surface area contributed by atoms with E-state index in [1.54, 1.807) is 18.7 Å². The Hall–Kier alpha value is -1.69. The van der Waals surface area contributed by atoms with Crippen molar-refractivity contribution in [2.45, 2.75) is 29.5 Å². The van der Waals surface area contributed by atoms with Crippen molar-refractivity contribution < 1.29 is 10.0 Å². The molecule has 18 heavy (non-hydrogen) atoms. The molecule has 0 fully saturated rings. The lowest BCUT2D eigenvalue weighted by molar-refractivity contribution is -0.120. The number of nitrogens with zero attached hydrogens (tertiary/aromatic N) is 1. The predicted molar refractivity (Wildman–Crippen MR) is 70.8 cm³/mol. The molecule has 1 aromatic rings. The van der Waals surface area contributed by atoms with Crippen molar-refractivity contribution in [3.05, 3.63) is 29.8 Å². The van der Waals surface area contributed by atoms with Crippen LogP contribution in [0.25, 0.3) is 0 Å². The third-order valence-corrected chi connectivity index (χ3v) is 4.17. The highest BCUT2D eigenvalue weighted by molar-refractivity contribution is 8.01. The zero-order chi connectivity index (χ0) is 13.1. The van der Waals surface area contributed by atoms with E-state index < -0.39 is 6.04 Å². The molecule has 0 saturated heterocycles. The fourth-order valence-electron chi connectivity index (χ4n) is 1.80. The largest absolute Gasteiger partial charge is 0.409 e. The van der Waals surface area contributed by atoms with Crippen LogP contribution in [0.2, 0.25) is 0 Å². The first-order chi connectivity index (χ1) is 8.61. The van der Waals surface area contributed by atoms with E-state index in [4.69, 9.17) is 10.9 Å². The number of carbonyl (C=O) groups is 1. The van der Waals surface area contributed by atoms with Crippen LogP contribution in [0.15, 0.2) is 34.3 Å². The number of nitrogens with two attached hydrogens (primary N) is 1. The van der Waals surface area contributed by atoms with Crippen LogP contribution < -0.4 is 11.1 Å². The number of carbonyl (C=O) groups excluding carboxylic acids is 1. The molecule has 2 rings (SSSR count). The third kappa shape index (κ3) is 2.59. The molecule has 2 atom stereocenters. The van der Waals surface area contributed by atoms with Gasteiger partial charge in [0.15, 0.2) is 5.84 Å². The maximum Gasteiger partial charge on any atom is 0.234 e. The molecule has 0 aliphatic carbocycles. The molecule has 96 valence electrons. The molecule has 1 aromatic carbocycles. The van der Waals surface area contributed by atoms with Crippen molar-refractivity contribution in [3.63, 3.8) is 0 Å². The van der Waals surface area contributed by atoms with Gasteiger partial charge in [0, 0.05) is 4.90 Å². The molecular weight excluding hydrogens is 250 g/mol. The number of fused-ring (bicyclic) bond motifs is 1. The van der Waals surface area contributed by atoms with E-state index >= 15 is 0 Å². The summed E-state index contributed by atoms with van der Waals surface area (Å²) in [6, 6.07) is 7.51. The molecule has 1 aliphatic heterocycles. The molecule has 0 spiro atoms. The zero-order valence-electron chi connectivity index (χ0n) is 9.96. The van der Waals surface area contributed by atoms with Gasteiger partial charge in [0.2, 0.25) is 5.91 Å². The summed E-state index contributed by atoms with van der Waals surface area (Å²) in [5, 5.41) is 14.0. The topological polar surface area (TPSA) is 87.7 Å². The Balaban J connectivity index is 1.97. The molecule has 0 aromatic heterocycles. The van der Waals surface area contributed by atoms with Gasteiger partial charge in [0.05, 0.1) is 11.3 Å². The molecule has 1 aliphatic rings. The molecular formula is C12H15N3O2S. The van der Waals surface area contributed by atoms with Crippen molar-refractivity contribution >= 4 is 23.5 Å². The Morgan fingerprint density at radius 3 is 3.00 bits per heavy atom. The van der Waals surface area contributed by atoms with Crippen molar-refractivity contribution in [2.75, 3.05) is 0 Å². The van der Waals surface area contributed by atoms with Crippen molar-refractivity contribution in [1.29, 1.82) is 0 Å². The van der Waals surface area contributed by atoms with Crippen LogP contribution in [0, 0.1) is 0 Å². The Kier molecular flexibility index (Phi) is 3.76. The number of hydrogen-bond donors (Lipinski definition) is 3. The molecule has 0 bridgehead atoms. The summed E-state index contributed by atoms with van der Waals surface area (Å²) in [5.41, 5.74) is 6.62. The number of nitrogens with one attached hydrogen (secondary N) is 1. The van der Waals surface area contributed by atoms with Gasteiger partial charge in [-0.1, -0.05) is 23.4 Å². The van der Waals surface area contributed by atoms with E-state index in [9.17, 15) is 4.79 Å². The summed E-state index contributed by atoms with van der Waals surface area (Å²) >= 11 is 1.55. The molecule has 4 N–H and O–H groups in total. The van der Waals surface area contributed by atoms with E-state index in [0.717, 1.165) is 11.3 Å². The quantitative estimate of drug-likeness (QED) is 0.329. The lowest BCUT2D eigenvalue weighted by Crippen LogP contribution is -2.45. The smallest absolute Gasteiger partial charge is 0.234 e. The number of rotatable bonds is 3. The number of thioether (sulfide) groups is 1.